The highest BCUT2D eigenvalue weighted by atomic mass is 16.2. The van der Waals surface area contributed by atoms with Crippen molar-refractivity contribution in [3.05, 3.63) is 24.0 Å². The van der Waals surface area contributed by atoms with E-state index in [4.69, 9.17) is 0 Å². The van der Waals surface area contributed by atoms with Gasteiger partial charge in [0.2, 0.25) is 11.8 Å². The molecular formula is C19H28N6O4. The molecule has 1 aliphatic carbocycles. The largest absolute Gasteiger partial charge is 0.349 e. The highest BCUT2D eigenvalue weighted by molar-refractivity contribution is 5.91. The summed E-state index contributed by atoms with van der Waals surface area (Å²) in [6.07, 6.45) is 6.87. The summed E-state index contributed by atoms with van der Waals surface area (Å²) in [6, 6.07) is 1.22. The summed E-state index contributed by atoms with van der Waals surface area (Å²) in [7, 11) is 0. The van der Waals surface area contributed by atoms with Gasteiger partial charge in [-0.25, -0.2) is 4.79 Å². The van der Waals surface area contributed by atoms with E-state index in [2.05, 4.69) is 31.6 Å². The normalized spacial score (nSPS) is 15.0. The van der Waals surface area contributed by atoms with Crippen LogP contribution in [0, 0.1) is 0 Å². The van der Waals surface area contributed by atoms with Crippen LogP contribution in [0.1, 0.15) is 51.5 Å². The molecule has 29 heavy (non-hydrogen) atoms. The lowest BCUT2D eigenvalue weighted by atomic mass is 9.96. The van der Waals surface area contributed by atoms with Crippen LogP contribution in [-0.2, 0) is 20.9 Å². The quantitative estimate of drug-likeness (QED) is 0.427. The Labute approximate surface area is 169 Å². The fourth-order valence-electron chi connectivity index (χ4n) is 3.14. The van der Waals surface area contributed by atoms with Crippen LogP contribution in [0.2, 0.25) is 0 Å². The third-order valence-electron chi connectivity index (χ3n) is 4.50. The van der Waals surface area contributed by atoms with Gasteiger partial charge < -0.3 is 26.6 Å². The standard InChI is InChI=1S/C19H28N6O4/c1-12(26)22-16-11-20-9-8-14(16)10-21-18(28)17(23-13(2)27)25-19(29)24-15-6-4-3-5-7-15/h8-9,11,15,17H,3-7,10H2,1-2H3,(H,21,28)(H,22,26)(H,23,27)(H2,24,25,29). The maximum atomic E-state index is 12.5. The van der Waals surface area contributed by atoms with Crippen LogP contribution < -0.4 is 26.6 Å². The zero-order chi connectivity index (χ0) is 21.2. The molecule has 1 aromatic heterocycles. The average Bonchev–Trinajstić information content (AvgIpc) is 2.66. The molecule has 2 rings (SSSR count). The van der Waals surface area contributed by atoms with E-state index >= 15 is 0 Å². The number of aromatic nitrogens is 1. The second kappa shape index (κ2) is 11.0. The van der Waals surface area contributed by atoms with Crippen molar-refractivity contribution in [1.29, 1.82) is 0 Å². The number of carbonyl (C=O) groups excluding carboxylic acids is 4. The minimum atomic E-state index is -1.22. The molecule has 0 aliphatic heterocycles. The van der Waals surface area contributed by atoms with E-state index in [1.54, 1.807) is 6.07 Å². The molecule has 1 unspecified atom stereocenters. The van der Waals surface area contributed by atoms with Gasteiger partial charge in [-0.05, 0) is 24.5 Å². The number of urea groups is 1. The van der Waals surface area contributed by atoms with Crippen molar-refractivity contribution in [3.8, 4) is 0 Å². The Kier molecular flexibility index (Phi) is 8.38. The van der Waals surface area contributed by atoms with Crippen LogP contribution in [0.5, 0.6) is 0 Å². The first-order valence-electron chi connectivity index (χ1n) is 9.67. The molecule has 0 saturated heterocycles. The molecule has 5 N–H and O–H groups in total. The number of hydrogen-bond donors (Lipinski definition) is 5. The van der Waals surface area contributed by atoms with Gasteiger partial charge in [-0.15, -0.1) is 0 Å². The molecule has 1 aromatic rings. The fraction of sp³-hybridized carbons (Fsp3) is 0.526. The Bertz CT molecular complexity index is 748. The first kappa shape index (κ1) is 22.1. The van der Waals surface area contributed by atoms with Crippen LogP contribution in [-0.4, -0.2) is 40.9 Å². The van der Waals surface area contributed by atoms with Crippen LogP contribution in [0.15, 0.2) is 18.5 Å². The molecular weight excluding hydrogens is 376 g/mol. The second-order valence-electron chi connectivity index (χ2n) is 7.02. The molecule has 10 nitrogen and oxygen atoms in total. The average molecular weight is 404 g/mol. The van der Waals surface area contributed by atoms with E-state index in [1.807, 2.05) is 0 Å². The summed E-state index contributed by atoms with van der Waals surface area (Å²) in [5.41, 5.74) is 1.11. The number of amides is 5. The number of nitrogens with zero attached hydrogens (tertiary/aromatic N) is 1. The summed E-state index contributed by atoms with van der Waals surface area (Å²) in [5.74, 6) is -1.29. The van der Waals surface area contributed by atoms with Gasteiger partial charge in [0.05, 0.1) is 11.9 Å². The smallest absolute Gasteiger partial charge is 0.317 e. The lowest BCUT2D eigenvalue weighted by Crippen LogP contribution is -2.59. The molecule has 1 fully saturated rings. The van der Waals surface area contributed by atoms with E-state index in [0.29, 0.717) is 11.3 Å². The number of nitrogens with one attached hydrogen (secondary N) is 5. The Morgan fingerprint density at radius 2 is 1.79 bits per heavy atom. The molecule has 0 aromatic carbocycles. The molecule has 5 amide bonds. The number of rotatable bonds is 7. The Hall–Kier alpha value is -3.17. The van der Waals surface area contributed by atoms with Crippen molar-refractivity contribution in [1.82, 2.24) is 26.3 Å². The minimum Gasteiger partial charge on any atom is -0.349 e. The first-order chi connectivity index (χ1) is 13.8. The minimum absolute atomic E-state index is 0.0711. The van der Waals surface area contributed by atoms with Gasteiger partial charge in [0.1, 0.15) is 0 Å². The SMILES string of the molecule is CC(=O)Nc1cnccc1CNC(=O)C(NC(C)=O)NC(=O)NC1CCCCC1. The van der Waals surface area contributed by atoms with Gasteiger partial charge in [0.15, 0.2) is 6.17 Å². The highest BCUT2D eigenvalue weighted by Gasteiger charge is 2.23. The van der Waals surface area contributed by atoms with Crippen molar-refractivity contribution < 1.29 is 19.2 Å². The van der Waals surface area contributed by atoms with Gasteiger partial charge >= 0.3 is 6.03 Å². The summed E-state index contributed by atoms with van der Waals surface area (Å²) < 4.78 is 0. The number of pyridine rings is 1. The third-order valence-corrected chi connectivity index (χ3v) is 4.50. The predicted molar refractivity (Wildman–Crippen MR) is 107 cm³/mol. The van der Waals surface area contributed by atoms with Crippen LogP contribution in [0.3, 0.4) is 0 Å². The fourth-order valence-corrected chi connectivity index (χ4v) is 3.14. The number of hydrogen-bond acceptors (Lipinski definition) is 5. The summed E-state index contributed by atoms with van der Waals surface area (Å²) in [5, 5.41) is 13.1. The predicted octanol–water partition coefficient (Wildman–Crippen LogP) is 0.750. The molecule has 1 saturated carbocycles. The third kappa shape index (κ3) is 7.76. The molecule has 1 atom stereocenters. The molecule has 0 radical (unpaired) electrons. The monoisotopic (exact) mass is 404 g/mol. The summed E-state index contributed by atoms with van der Waals surface area (Å²) in [6.45, 7) is 2.72. The van der Waals surface area contributed by atoms with E-state index in [9.17, 15) is 19.2 Å². The van der Waals surface area contributed by atoms with Crippen LogP contribution >= 0.6 is 0 Å². The number of carbonyl (C=O) groups is 4. The Morgan fingerprint density at radius 1 is 1.07 bits per heavy atom. The van der Waals surface area contributed by atoms with Gasteiger partial charge in [0.25, 0.3) is 5.91 Å². The maximum Gasteiger partial charge on any atom is 0.317 e. The van der Waals surface area contributed by atoms with Gasteiger partial charge in [0, 0.05) is 32.6 Å². The zero-order valence-electron chi connectivity index (χ0n) is 16.7. The summed E-state index contributed by atoms with van der Waals surface area (Å²) >= 11 is 0. The van der Waals surface area contributed by atoms with E-state index in [0.717, 1.165) is 32.1 Å². The Balaban J connectivity index is 1.95. The van der Waals surface area contributed by atoms with Crippen molar-refractivity contribution in [2.75, 3.05) is 5.32 Å². The highest BCUT2D eigenvalue weighted by Crippen LogP contribution is 2.17. The van der Waals surface area contributed by atoms with Crippen molar-refractivity contribution >= 4 is 29.4 Å². The van der Waals surface area contributed by atoms with Crippen molar-refractivity contribution in [2.24, 2.45) is 0 Å². The number of anilines is 1. The lowest BCUT2D eigenvalue weighted by Gasteiger charge is -2.25. The van der Waals surface area contributed by atoms with Crippen LogP contribution in [0.25, 0.3) is 0 Å². The first-order valence-corrected chi connectivity index (χ1v) is 9.67. The molecule has 1 heterocycles. The van der Waals surface area contributed by atoms with Gasteiger partial charge in [-0.1, -0.05) is 19.3 Å². The lowest BCUT2D eigenvalue weighted by molar-refractivity contribution is -0.128. The molecule has 0 bridgehead atoms. The zero-order valence-corrected chi connectivity index (χ0v) is 16.7. The van der Waals surface area contributed by atoms with E-state index < -0.39 is 24.0 Å². The molecule has 10 heteroatoms. The molecule has 1 aliphatic rings. The molecule has 158 valence electrons. The maximum absolute atomic E-state index is 12.5. The second-order valence-corrected chi connectivity index (χ2v) is 7.02. The van der Waals surface area contributed by atoms with Crippen molar-refractivity contribution in [3.63, 3.8) is 0 Å². The van der Waals surface area contributed by atoms with E-state index in [-0.39, 0.29) is 18.5 Å². The topological polar surface area (TPSA) is 141 Å². The van der Waals surface area contributed by atoms with E-state index in [1.165, 1.54) is 26.2 Å². The van der Waals surface area contributed by atoms with Gasteiger partial charge in [-0.3, -0.25) is 19.4 Å². The Morgan fingerprint density at radius 3 is 2.45 bits per heavy atom. The van der Waals surface area contributed by atoms with Gasteiger partial charge in [-0.2, -0.15) is 0 Å². The summed E-state index contributed by atoms with van der Waals surface area (Å²) in [4.78, 5) is 51.5. The molecule has 0 spiro atoms. The van der Waals surface area contributed by atoms with Crippen LogP contribution in [0.4, 0.5) is 10.5 Å². The van der Waals surface area contributed by atoms with Crippen molar-refractivity contribution in [2.45, 2.75) is 64.7 Å².